The Morgan fingerprint density at radius 3 is 1.62 bits per heavy atom. The van der Waals surface area contributed by atoms with Gasteiger partial charge in [-0.3, -0.25) is 4.79 Å². The van der Waals surface area contributed by atoms with Gasteiger partial charge in [-0.15, -0.1) is 11.8 Å². The average molecular weight is 561 g/mol. The fraction of sp³-hybridized carbons (Fsp3) is 0.741. The first kappa shape index (κ1) is 30.7. The Morgan fingerprint density at radius 1 is 0.647 bits per heavy atom. The van der Waals surface area contributed by atoms with Gasteiger partial charge in [-0.25, -0.2) is 0 Å². The van der Waals surface area contributed by atoms with E-state index in [-0.39, 0.29) is 5.97 Å². The van der Waals surface area contributed by atoms with Gasteiger partial charge < -0.3 is 4.74 Å². The van der Waals surface area contributed by atoms with Crippen molar-refractivity contribution in [2.45, 2.75) is 118 Å². The first-order valence-electron chi connectivity index (χ1n) is 13.1. The maximum atomic E-state index is 11.3. The van der Waals surface area contributed by atoms with Crippen LogP contribution in [-0.4, -0.2) is 18.3 Å². The predicted octanol–water partition coefficient (Wildman–Crippen LogP) is 11.3. The lowest BCUT2D eigenvalue weighted by Gasteiger charge is -2.05. The molecule has 0 amide bonds. The molecule has 0 bridgehead atoms. The van der Waals surface area contributed by atoms with Crippen LogP contribution in [0.1, 0.15) is 118 Å². The monoisotopic (exact) mass is 560 g/mol. The summed E-state index contributed by atoms with van der Waals surface area (Å²) in [4.78, 5) is 15.7. The van der Waals surface area contributed by atoms with Gasteiger partial charge in [0.1, 0.15) is 0 Å². The van der Waals surface area contributed by atoms with Gasteiger partial charge in [0.05, 0.1) is 19.3 Å². The third kappa shape index (κ3) is 12.6. The first-order valence-corrected chi connectivity index (χ1v) is 17.4. The molecule has 0 aliphatic carbocycles. The van der Waals surface area contributed by atoms with Gasteiger partial charge in [0.2, 0.25) is 0 Å². The largest absolute Gasteiger partial charge is 0.466 e. The molecule has 2 heterocycles. The van der Waals surface area contributed by atoms with Crippen LogP contribution < -0.4 is 0 Å². The zero-order valence-corrected chi connectivity index (χ0v) is 25.8. The van der Waals surface area contributed by atoms with Gasteiger partial charge in [0, 0.05) is 11.3 Å². The summed E-state index contributed by atoms with van der Waals surface area (Å²) in [5.41, 5.74) is 0. The number of hydrogen-bond acceptors (Lipinski definition) is 7. The maximum absolute atomic E-state index is 11.3. The van der Waals surface area contributed by atoms with Gasteiger partial charge in [0.15, 0.2) is 0 Å². The minimum atomic E-state index is -0.0341. The molecular weight excluding hydrogens is 517 g/mol. The van der Waals surface area contributed by atoms with Crippen LogP contribution in [0.4, 0.5) is 0 Å². The number of ether oxygens (including phenoxy) is 1. The van der Waals surface area contributed by atoms with Gasteiger partial charge in [0.25, 0.3) is 0 Å². The smallest absolute Gasteiger partial charge is 0.305 e. The molecular formula is C27H44O2S5. The molecule has 0 spiro atoms. The molecule has 2 nitrogen and oxygen atoms in total. The van der Waals surface area contributed by atoms with E-state index in [1.54, 1.807) is 0 Å². The van der Waals surface area contributed by atoms with Crippen molar-refractivity contribution < 1.29 is 9.53 Å². The molecule has 0 atom stereocenters. The SMILES string of the molecule is CCOC(=O)CCCCCCCCCCCCCCCSC1=C(C)SC(=C2SC(C)=C(C)S2)S1. The molecule has 0 unspecified atom stereocenters. The summed E-state index contributed by atoms with van der Waals surface area (Å²) >= 11 is 9.98. The number of esters is 1. The molecule has 0 aromatic heterocycles. The van der Waals surface area contributed by atoms with E-state index < -0.39 is 0 Å². The van der Waals surface area contributed by atoms with Crippen LogP contribution in [0.2, 0.25) is 0 Å². The number of unbranched alkanes of at least 4 members (excludes halogenated alkanes) is 12. The van der Waals surface area contributed by atoms with Gasteiger partial charge in [-0.1, -0.05) is 118 Å². The molecule has 0 aromatic carbocycles. The summed E-state index contributed by atoms with van der Waals surface area (Å²) < 4.78 is 9.49. The molecule has 0 saturated heterocycles. The fourth-order valence-corrected chi connectivity index (χ4v) is 10.8. The van der Waals surface area contributed by atoms with E-state index in [2.05, 4.69) is 32.5 Å². The van der Waals surface area contributed by atoms with E-state index in [0.29, 0.717) is 13.0 Å². The third-order valence-electron chi connectivity index (χ3n) is 5.94. The van der Waals surface area contributed by atoms with Crippen molar-refractivity contribution >= 4 is 64.8 Å². The Bertz CT molecular complexity index is 711. The van der Waals surface area contributed by atoms with Crippen LogP contribution >= 0.6 is 58.8 Å². The highest BCUT2D eigenvalue weighted by atomic mass is 32.2. The topological polar surface area (TPSA) is 26.3 Å². The molecule has 34 heavy (non-hydrogen) atoms. The van der Waals surface area contributed by atoms with Crippen molar-refractivity contribution in [3.63, 3.8) is 0 Å². The Morgan fingerprint density at radius 2 is 1.09 bits per heavy atom. The lowest BCUT2D eigenvalue weighted by atomic mass is 10.0. The molecule has 2 rings (SSSR count). The third-order valence-corrected chi connectivity index (χ3v) is 13.3. The quantitative estimate of drug-likeness (QED) is 0.121. The normalized spacial score (nSPS) is 16.4. The van der Waals surface area contributed by atoms with E-state index >= 15 is 0 Å². The van der Waals surface area contributed by atoms with E-state index in [1.165, 1.54) is 110 Å². The molecule has 0 radical (unpaired) electrons. The lowest BCUT2D eigenvalue weighted by molar-refractivity contribution is -0.143. The highest BCUT2D eigenvalue weighted by Crippen LogP contribution is 2.61. The molecule has 0 fully saturated rings. The molecule has 194 valence electrons. The molecule has 2 aliphatic heterocycles. The summed E-state index contributed by atoms with van der Waals surface area (Å²) in [5, 5.41) is 0. The standard InChI is InChI=1S/C27H44O2S5/c1-5-29-24(28)19-17-15-13-11-9-7-6-8-10-12-14-16-18-20-30-25-23(4)33-27(34-25)26-31-21(2)22(3)32-26/h5-20H2,1-4H3. The second-order valence-electron chi connectivity index (χ2n) is 8.94. The van der Waals surface area contributed by atoms with Crippen LogP contribution in [0.25, 0.3) is 0 Å². The lowest BCUT2D eigenvalue weighted by Crippen LogP contribution is -2.03. The molecule has 0 aromatic rings. The van der Waals surface area contributed by atoms with Gasteiger partial charge in [-0.2, -0.15) is 0 Å². The van der Waals surface area contributed by atoms with E-state index in [1.807, 2.05) is 54.0 Å². The number of carbonyl (C=O) groups excluding carboxylic acids is 1. The van der Waals surface area contributed by atoms with E-state index in [4.69, 9.17) is 4.74 Å². The number of rotatable bonds is 18. The van der Waals surface area contributed by atoms with Gasteiger partial charge >= 0.3 is 5.97 Å². The second kappa shape index (κ2) is 18.6. The summed E-state index contributed by atoms with van der Waals surface area (Å²) in [7, 11) is 0. The minimum Gasteiger partial charge on any atom is -0.466 e. The van der Waals surface area contributed by atoms with Crippen molar-refractivity contribution in [1.82, 2.24) is 0 Å². The summed E-state index contributed by atoms with van der Waals surface area (Å²) in [5.74, 6) is 1.23. The van der Waals surface area contributed by atoms with Crippen LogP contribution in [0.15, 0.2) is 27.4 Å². The van der Waals surface area contributed by atoms with Crippen molar-refractivity contribution in [3.8, 4) is 0 Å². The number of hydrogen-bond donors (Lipinski definition) is 0. The van der Waals surface area contributed by atoms with Crippen LogP contribution in [-0.2, 0) is 9.53 Å². The predicted molar refractivity (Wildman–Crippen MR) is 162 cm³/mol. The second-order valence-corrected chi connectivity index (χ2v) is 15.5. The number of carbonyl (C=O) groups is 1. The minimum absolute atomic E-state index is 0.0341. The number of thioether (sulfide) groups is 5. The molecule has 0 saturated carbocycles. The Hall–Kier alpha value is 0.440. The molecule has 0 N–H and O–H groups in total. The van der Waals surface area contributed by atoms with Crippen molar-refractivity contribution in [2.75, 3.05) is 12.4 Å². The van der Waals surface area contributed by atoms with E-state index in [9.17, 15) is 4.79 Å². The summed E-state index contributed by atoms with van der Waals surface area (Å²) in [6, 6.07) is 0. The Balaban J connectivity index is 1.35. The zero-order chi connectivity index (χ0) is 24.6. The Labute approximate surface area is 230 Å². The van der Waals surface area contributed by atoms with E-state index in [0.717, 1.165) is 6.42 Å². The van der Waals surface area contributed by atoms with Crippen molar-refractivity contribution in [3.05, 3.63) is 27.4 Å². The van der Waals surface area contributed by atoms with Crippen molar-refractivity contribution in [2.24, 2.45) is 0 Å². The molecule has 2 aliphatic rings. The summed E-state index contributed by atoms with van der Waals surface area (Å²) in [6.07, 6.45) is 17.8. The van der Waals surface area contributed by atoms with Gasteiger partial charge in [-0.05, 0) is 56.1 Å². The van der Waals surface area contributed by atoms with Crippen LogP contribution in [0.3, 0.4) is 0 Å². The maximum Gasteiger partial charge on any atom is 0.305 e. The number of allylic oxidation sites excluding steroid dienone is 3. The first-order chi connectivity index (χ1) is 16.5. The van der Waals surface area contributed by atoms with Crippen molar-refractivity contribution in [1.29, 1.82) is 0 Å². The molecule has 7 heteroatoms. The summed E-state index contributed by atoms with van der Waals surface area (Å²) in [6.45, 7) is 9.14. The van der Waals surface area contributed by atoms with Crippen LogP contribution in [0, 0.1) is 0 Å². The highest BCUT2D eigenvalue weighted by Gasteiger charge is 2.25. The average Bonchev–Trinajstić information content (AvgIpc) is 3.35. The zero-order valence-electron chi connectivity index (χ0n) is 21.7. The fourth-order valence-electron chi connectivity index (χ4n) is 3.81. The Kier molecular flexibility index (Phi) is 16.8. The van der Waals surface area contributed by atoms with Crippen LogP contribution in [0.5, 0.6) is 0 Å². The highest BCUT2D eigenvalue weighted by molar-refractivity contribution is 8.38.